The number of benzene rings is 1. The summed E-state index contributed by atoms with van der Waals surface area (Å²) in [6.45, 7) is 6.97. The van der Waals surface area contributed by atoms with Crippen LogP contribution in [0.5, 0.6) is 5.75 Å². The number of phenolic OH excluding ortho intramolecular Hbond substituents is 1. The summed E-state index contributed by atoms with van der Waals surface area (Å²) in [5.41, 5.74) is 1.84. The van der Waals surface area contributed by atoms with Crippen molar-refractivity contribution in [1.29, 1.82) is 0 Å². The first-order valence-corrected chi connectivity index (χ1v) is 7.75. The Hall–Kier alpha value is -0.980. The molecule has 1 heteroatoms. The highest BCUT2D eigenvalue weighted by atomic mass is 16.3. The second-order valence-corrected chi connectivity index (χ2v) is 6.85. The van der Waals surface area contributed by atoms with Crippen LogP contribution in [-0.2, 0) is 6.42 Å². The minimum atomic E-state index is 0.364. The van der Waals surface area contributed by atoms with E-state index in [9.17, 15) is 5.11 Å². The molecule has 108 valence electrons. The maximum Gasteiger partial charge on any atom is 0.115 e. The van der Waals surface area contributed by atoms with Crippen LogP contribution in [0, 0.1) is 5.41 Å². The molecule has 1 N–H and O–H groups in total. The summed E-state index contributed by atoms with van der Waals surface area (Å²) in [7, 11) is 0. The summed E-state index contributed by atoms with van der Waals surface area (Å²) < 4.78 is 0. The van der Waals surface area contributed by atoms with E-state index in [4.69, 9.17) is 0 Å². The number of hydrogen-bond acceptors (Lipinski definition) is 1. The van der Waals surface area contributed by atoms with Gasteiger partial charge in [-0.25, -0.2) is 0 Å². The Bertz CT molecular complexity index is 332. The summed E-state index contributed by atoms with van der Waals surface area (Å²) in [6, 6.07) is 7.61. The van der Waals surface area contributed by atoms with E-state index in [-0.39, 0.29) is 0 Å². The van der Waals surface area contributed by atoms with Crippen LogP contribution in [0.2, 0.25) is 0 Å². The molecule has 0 amide bonds. The predicted octanol–water partition coefficient (Wildman–Crippen LogP) is 5.71. The molecule has 0 saturated carbocycles. The van der Waals surface area contributed by atoms with Gasteiger partial charge in [0.25, 0.3) is 0 Å². The van der Waals surface area contributed by atoms with Crippen LogP contribution in [0.25, 0.3) is 0 Å². The lowest BCUT2D eigenvalue weighted by Crippen LogP contribution is -2.03. The quantitative estimate of drug-likeness (QED) is 0.595. The molecular formula is C18H30O. The minimum absolute atomic E-state index is 0.364. The molecule has 1 nitrogen and oxygen atoms in total. The van der Waals surface area contributed by atoms with Crippen molar-refractivity contribution in [2.75, 3.05) is 0 Å². The summed E-state index contributed by atoms with van der Waals surface area (Å²) in [6.07, 6.45) is 10.6. The van der Waals surface area contributed by atoms with Gasteiger partial charge in [-0.1, -0.05) is 65.0 Å². The first-order valence-electron chi connectivity index (χ1n) is 7.75. The zero-order chi connectivity index (χ0) is 14.1. The highest BCUT2D eigenvalue weighted by Gasteiger charge is 2.08. The molecule has 0 aliphatic carbocycles. The van der Waals surface area contributed by atoms with E-state index in [0.29, 0.717) is 11.2 Å². The van der Waals surface area contributed by atoms with Gasteiger partial charge in [0.1, 0.15) is 5.75 Å². The Morgan fingerprint density at radius 3 is 1.89 bits per heavy atom. The number of hydrogen-bond donors (Lipinski definition) is 1. The average Bonchev–Trinajstić information content (AvgIpc) is 2.33. The van der Waals surface area contributed by atoms with Gasteiger partial charge in [0.2, 0.25) is 0 Å². The molecule has 1 aromatic carbocycles. The lowest BCUT2D eigenvalue weighted by atomic mass is 9.89. The van der Waals surface area contributed by atoms with Crippen LogP contribution in [0.15, 0.2) is 24.3 Å². The van der Waals surface area contributed by atoms with Gasteiger partial charge in [-0.05, 0) is 42.4 Å². The Morgan fingerprint density at radius 1 is 0.789 bits per heavy atom. The molecule has 1 rings (SSSR count). The average molecular weight is 262 g/mol. The van der Waals surface area contributed by atoms with E-state index >= 15 is 0 Å². The van der Waals surface area contributed by atoms with Gasteiger partial charge in [0, 0.05) is 0 Å². The van der Waals surface area contributed by atoms with E-state index in [2.05, 4.69) is 20.8 Å². The van der Waals surface area contributed by atoms with Crippen LogP contribution in [0.1, 0.15) is 71.3 Å². The highest BCUT2D eigenvalue weighted by molar-refractivity contribution is 5.25. The van der Waals surface area contributed by atoms with Crippen LogP contribution in [-0.4, -0.2) is 5.11 Å². The number of phenols is 1. The molecule has 0 aromatic heterocycles. The number of aryl methyl sites for hydroxylation is 1. The molecule has 0 aliphatic heterocycles. The minimum Gasteiger partial charge on any atom is -0.508 e. The molecule has 0 bridgehead atoms. The Morgan fingerprint density at radius 2 is 1.32 bits per heavy atom. The van der Waals surface area contributed by atoms with Gasteiger partial charge in [-0.2, -0.15) is 0 Å². The molecule has 0 fully saturated rings. The normalized spacial score (nSPS) is 11.7. The smallest absolute Gasteiger partial charge is 0.115 e. The van der Waals surface area contributed by atoms with Crippen molar-refractivity contribution in [2.24, 2.45) is 5.41 Å². The topological polar surface area (TPSA) is 20.2 Å². The first kappa shape index (κ1) is 16.1. The van der Waals surface area contributed by atoms with E-state index < -0.39 is 0 Å². The predicted molar refractivity (Wildman–Crippen MR) is 83.6 cm³/mol. The zero-order valence-electron chi connectivity index (χ0n) is 12.9. The number of aromatic hydroxyl groups is 1. The van der Waals surface area contributed by atoms with Crippen molar-refractivity contribution in [2.45, 2.75) is 72.1 Å². The van der Waals surface area contributed by atoms with Crippen molar-refractivity contribution >= 4 is 0 Å². The lowest BCUT2D eigenvalue weighted by molar-refractivity contribution is 0.356. The second-order valence-electron chi connectivity index (χ2n) is 6.85. The summed E-state index contributed by atoms with van der Waals surface area (Å²) in [5.74, 6) is 0.364. The van der Waals surface area contributed by atoms with E-state index in [0.717, 1.165) is 6.42 Å². The molecule has 0 radical (unpaired) electrons. The maximum absolute atomic E-state index is 9.21. The fraction of sp³-hybridized carbons (Fsp3) is 0.667. The summed E-state index contributed by atoms with van der Waals surface area (Å²) in [5, 5.41) is 9.21. The molecule has 0 aliphatic rings. The fourth-order valence-corrected chi connectivity index (χ4v) is 2.35. The molecule has 0 spiro atoms. The van der Waals surface area contributed by atoms with Gasteiger partial charge in [0.05, 0.1) is 0 Å². The third-order valence-corrected chi connectivity index (χ3v) is 3.58. The fourth-order valence-electron chi connectivity index (χ4n) is 2.35. The molecule has 0 atom stereocenters. The van der Waals surface area contributed by atoms with Gasteiger partial charge in [-0.15, -0.1) is 0 Å². The molecule has 0 saturated heterocycles. The van der Waals surface area contributed by atoms with Crippen LogP contribution in [0.4, 0.5) is 0 Å². The van der Waals surface area contributed by atoms with Crippen molar-refractivity contribution < 1.29 is 5.11 Å². The van der Waals surface area contributed by atoms with Crippen molar-refractivity contribution in [1.82, 2.24) is 0 Å². The number of rotatable bonds is 8. The zero-order valence-corrected chi connectivity index (χ0v) is 12.9. The van der Waals surface area contributed by atoms with Gasteiger partial charge in [0.15, 0.2) is 0 Å². The lowest BCUT2D eigenvalue weighted by Gasteiger charge is -2.17. The Balaban J connectivity index is 1.95. The van der Waals surface area contributed by atoms with Crippen molar-refractivity contribution in [3.8, 4) is 5.75 Å². The molecule has 0 heterocycles. The van der Waals surface area contributed by atoms with Crippen LogP contribution < -0.4 is 0 Å². The monoisotopic (exact) mass is 262 g/mol. The highest BCUT2D eigenvalue weighted by Crippen LogP contribution is 2.22. The van der Waals surface area contributed by atoms with Crippen molar-refractivity contribution in [3.05, 3.63) is 29.8 Å². The van der Waals surface area contributed by atoms with E-state index in [1.165, 1.54) is 50.5 Å². The van der Waals surface area contributed by atoms with Crippen molar-refractivity contribution in [3.63, 3.8) is 0 Å². The second kappa shape index (κ2) is 8.24. The standard InChI is InChI=1S/C18H30O/c1-18(2,3)15-9-7-5-4-6-8-10-16-11-13-17(19)14-12-16/h11-14,19H,4-10,15H2,1-3H3. The third kappa shape index (κ3) is 8.69. The van der Waals surface area contributed by atoms with E-state index in [1.54, 1.807) is 12.1 Å². The van der Waals surface area contributed by atoms with Crippen LogP contribution >= 0.6 is 0 Å². The SMILES string of the molecule is CC(C)(C)CCCCCCCCc1ccc(O)cc1. The van der Waals surface area contributed by atoms with Gasteiger partial charge < -0.3 is 5.11 Å². The van der Waals surface area contributed by atoms with E-state index in [1.807, 2.05) is 12.1 Å². The Labute approximate surface area is 119 Å². The number of unbranched alkanes of at least 4 members (excludes halogenated alkanes) is 5. The molecular weight excluding hydrogens is 232 g/mol. The van der Waals surface area contributed by atoms with Crippen LogP contribution in [0.3, 0.4) is 0 Å². The maximum atomic E-state index is 9.21. The summed E-state index contributed by atoms with van der Waals surface area (Å²) >= 11 is 0. The first-order chi connectivity index (χ1) is 8.97. The largest absolute Gasteiger partial charge is 0.508 e. The molecule has 19 heavy (non-hydrogen) atoms. The van der Waals surface area contributed by atoms with Gasteiger partial charge >= 0.3 is 0 Å². The molecule has 0 unspecified atom stereocenters. The molecule has 1 aromatic rings. The third-order valence-electron chi connectivity index (χ3n) is 3.58. The summed E-state index contributed by atoms with van der Waals surface area (Å²) in [4.78, 5) is 0. The van der Waals surface area contributed by atoms with Gasteiger partial charge in [-0.3, -0.25) is 0 Å². The Kier molecular flexibility index (Phi) is 6.97.